The summed E-state index contributed by atoms with van der Waals surface area (Å²) in [5.74, 6) is 3.39. The molecule has 31 heavy (non-hydrogen) atoms. The highest BCUT2D eigenvalue weighted by Crippen LogP contribution is 2.65. The van der Waals surface area contributed by atoms with Gasteiger partial charge in [-0.05, 0) is 106 Å². The molecular formula is C27H43NO3. The van der Waals surface area contributed by atoms with Crippen molar-refractivity contribution in [2.45, 2.75) is 103 Å². The molecule has 5 rings (SSSR count). The molecule has 4 heteroatoms. The fraction of sp³-hybridized carbons (Fsp3) is 0.926. The minimum Gasteiger partial charge on any atom is -0.462 e. The van der Waals surface area contributed by atoms with Gasteiger partial charge in [0.15, 0.2) is 0 Å². The highest BCUT2D eigenvalue weighted by atomic mass is 16.5. The maximum Gasteiger partial charge on any atom is 0.307 e. The number of likely N-dealkylation sites (tertiary alicyclic amines) is 1. The molecule has 5 fully saturated rings. The quantitative estimate of drug-likeness (QED) is 0.563. The van der Waals surface area contributed by atoms with E-state index in [0.717, 1.165) is 63.6 Å². The second-order valence-corrected chi connectivity index (χ2v) is 12.1. The first-order chi connectivity index (χ1) is 14.9. The number of esters is 1. The van der Waals surface area contributed by atoms with E-state index in [1.54, 1.807) is 0 Å². The molecule has 0 aromatic heterocycles. The highest BCUT2D eigenvalue weighted by Gasteiger charge is 2.60. The number of hydrogen-bond acceptors (Lipinski definition) is 4. The van der Waals surface area contributed by atoms with Crippen LogP contribution in [-0.2, 0) is 14.3 Å². The molecule has 0 radical (unpaired) electrons. The van der Waals surface area contributed by atoms with Crippen LogP contribution in [0.1, 0.15) is 97.3 Å². The van der Waals surface area contributed by atoms with Gasteiger partial charge in [0.25, 0.3) is 0 Å². The number of Topliss-reactive ketones (excluding diaryl/α,β-unsaturated/α-hetero) is 1. The van der Waals surface area contributed by atoms with Gasteiger partial charge in [0.1, 0.15) is 11.9 Å². The lowest BCUT2D eigenvalue weighted by Gasteiger charge is -2.60. The van der Waals surface area contributed by atoms with E-state index in [4.69, 9.17) is 4.74 Å². The zero-order chi connectivity index (χ0) is 21.6. The standard InChI is InChI=1S/C27H43NO3/c1-26-13-10-20(31-25(30)12-17-28-15-4-3-5-16-28)18-19(26)6-7-21-22-8-9-24(29)27(22,2)14-11-23(21)26/h19-23H,3-18H2,1-2H3/t19-,20-,21-,22-,23-,26-,27-/m0/s1. The smallest absolute Gasteiger partial charge is 0.307 e. The minimum atomic E-state index is -0.0224. The van der Waals surface area contributed by atoms with Crippen LogP contribution < -0.4 is 0 Å². The van der Waals surface area contributed by atoms with Gasteiger partial charge in [0.2, 0.25) is 0 Å². The fourth-order valence-corrected chi connectivity index (χ4v) is 8.77. The Hall–Kier alpha value is -0.900. The molecular weight excluding hydrogens is 386 g/mol. The van der Waals surface area contributed by atoms with Crippen LogP contribution in [0.25, 0.3) is 0 Å². The van der Waals surface area contributed by atoms with Gasteiger partial charge < -0.3 is 9.64 Å². The van der Waals surface area contributed by atoms with Gasteiger partial charge in [-0.3, -0.25) is 9.59 Å². The SMILES string of the molecule is C[C@]12CC[C@H](OC(=O)CCN3CCCCC3)C[C@@H]1CC[C@@H]1[C@@H]2CC[C@]2(C)C(=O)CC[C@@H]12. The number of nitrogens with zero attached hydrogens (tertiary/aromatic N) is 1. The van der Waals surface area contributed by atoms with E-state index in [0.29, 0.717) is 29.5 Å². The number of piperidine rings is 1. The van der Waals surface area contributed by atoms with Crippen molar-refractivity contribution in [3.8, 4) is 0 Å². The third kappa shape index (κ3) is 3.89. The summed E-state index contributed by atoms with van der Waals surface area (Å²) < 4.78 is 6.00. The Morgan fingerprint density at radius 2 is 1.81 bits per heavy atom. The van der Waals surface area contributed by atoms with E-state index < -0.39 is 0 Å². The van der Waals surface area contributed by atoms with Crippen LogP contribution in [0.5, 0.6) is 0 Å². The second-order valence-electron chi connectivity index (χ2n) is 12.1. The molecule has 0 aromatic rings. The van der Waals surface area contributed by atoms with Crippen molar-refractivity contribution in [3.05, 3.63) is 0 Å². The van der Waals surface area contributed by atoms with Gasteiger partial charge in [-0.25, -0.2) is 0 Å². The summed E-state index contributed by atoms with van der Waals surface area (Å²) in [4.78, 5) is 27.6. The molecule has 0 unspecified atom stereocenters. The van der Waals surface area contributed by atoms with Crippen LogP contribution >= 0.6 is 0 Å². The van der Waals surface area contributed by atoms with Gasteiger partial charge >= 0.3 is 5.97 Å². The largest absolute Gasteiger partial charge is 0.462 e. The molecule has 0 spiro atoms. The number of ketones is 1. The number of fused-ring (bicyclic) bond motifs is 5. The van der Waals surface area contributed by atoms with Crippen LogP contribution in [0.15, 0.2) is 0 Å². The summed E-state index contributed by atoms with van der Waals surface area (Å²) >= 11 is 0. The first-order valence-corrected chi connectivity index (χ1v) is 13.4. The van der Waals surface area contributed by atoms with E-state index in [-0.39, 0.29) is 17.5 Å². The lowest BCUT2D eigenvalue weighted by Crippen LogP contribution is -2.54. The normalized spacial score (nSPS) is 45.5. The molecule has 4 saturated carbocycles. The number of rotatable bonds is 4. The van der Waals surface area contributed by atoms with Crippen LogP contribution in [0, 0.1) is 34.5 Å². The number of ether oxygens (including phenoxy) is 1. The van der Waals surface area contributed by atoms with Crippen LogP contribution in [0.4, 0.5) is 0 Å². The van der Waals surface area contributed by atoms with Crippen LogP contribution in [0.3, 0.4) is 0 Å². The predicted octanol–water partition coefficient (Wildman–Crippen LogP) is 5.39. The number of carbonyl (C=O) groups excluding carboxylic acids is 2. The Morgan fingerprint density at radius 3 is 2.61 bits per heavy atom. The molecule has 7 atom stereocenters. The van der Waals surface area contributed by atoms with Gasteiger partial charge in [0.05, 0.1) is 6.42 Å². The van der Waals surface area contributed by atoms with Crippen molar-refractivity contribution < 1.29 is 14.3 Å². The summed E-state index contributed by atoms with van der Waals surface area (Å²) in [5.41, 5.74) is 0.359. The third-order valence-electron chi connectivity index (χ3n) is 10.7. The lowest BCUT2D eigenvalue weighted by molar-refractivity contribution is -0.162. The van der Waals surface area contributed by atoms with Crippen molar-refractivity contribution in [3.63, 3.8) is 0 Å². The number of hydrogen-bond donors (Lipinski definition) is 0. The molecule has 0 amide bonds. The van der Waals surface area contributed by atoms with Crippen molar-refractivity contribution in [1.29, 1.82) is 0 Å². The summed E-state index contributed by atoms with van der Waals surface area (Å²) in [6.45, 7) is 7.98. The first kappa shape index (κ1) is 21.9. The molecule has 174 valence electrons. The van der Waals surface area contributed by atoms with Crippen LogP contribution in [0.2, 0.25) is 0 Å². The topological polar surface area (TPSA) is 46.6 Å². The second kappa shape index (κ2) is 8.47. The average molecular weight is 430 g/mol. The van der Waals surface area contributed by atoms with E-state index in [1.807, 2.05) is 0 Å². The van der Waals surface area contributed by atoms with E-state index in [1.165, 1.54) is 44.9 Å². The van der Waals surface area contributed by atoms with E-state index in [2.05, 4.69) is 18.7 Å². The van der Waals surface area contributed by atoms with Gasteiger partial charge in [0, 0.05) is 18.4 Å². The number of carbonyl (C=O) groups is 2. The lowest BCUT2D eigenvalue weighted by atomic mass is 9.45. The highest BCUT2D eigenvalue weighted by molar-refractivity contribution is 5.87. The molecule has 4 aliphatic carbocycles. The molecule has 0 bridgehead atoms. The van der Waals surface area contributed by atoms with E-state index >= 15 is 0 Å². The monoisotopic (exact) mass is 429 g/mol. The zero-order valence-corrected chi connectivity index (χ0v) is 19.9. The molecule has 5 aliphatic rings. The Labute approximate surface area is 188 Å². The summed E-state index contributed by atoms with van der Waals surface area (Å²) in [7, 11) is 0. The van der Waals surface area contributed by atoms with Crippen molar-refractivity contribution in [1.82, 2.24) is 4.90 Å². The Balaban J connectivity index is 1.17. The molecule has 1 saturated heterocycles. The van der Waals surface area contributed by atoms with Crippen molar-refractivity contribution in [2.75, 3.05) is 19.6 Å². The first-order valence-electron chi connectivity index (χ1n) is 13.4. The van der Waals surface area contributed by atoms with Crippen molar-refractivity contribution >= 4 is 11.8 Å². The Bertz CT molecular complexity index is 701. The van der Waals surface area contributed by atoms with Gasteiger partial charge in [-0.15, -0.1) is 0 Å². The molecule has 0 aromatic carbocycles. The van der Waals surface area contributed by atoms with Gasteiger partial charge in [-0.1, -0.05) is 20.3 Å². The third-order valence-corrected chi connectivity index (χ3v) is 10.7. The fourth-order valence-electron chi connectivity index (χ4n) is 8.77. The molecule has 1 aliphatic heterocycles. The van der Waals surface area contributed by atoms with Gasteiger partial charge in [-0.2, -0.15) is 0 Å². The summed E-state index contributed by atoms with van der Waals surface area (Å²) in [6, 6.07) is 0. The average Bonchev–Trinajstić information content (AvgIpc) is 3.08. The summed E-state index contributed by atoms with van der Waals surface area (Å²) in [5, 5.41) is 0. The summed E-state index contributed by atoms with van der Waals surface area (Å²) in [6.07, 6.45) is 14.7. The molecule has 0 N–H and O–H groups in total. The maximum absolute atomic E-state index is 12.6. The van der Waals surface area contributed by atoms with E-state index in [9.17, 15) is 9.59 Å². The minimum absolute atomic E-state index is 0.0192. The molecule has 1 heterocycles. The maximum atomic E-state index is 12.6. The Kier molecular flexibility index (Phi) is 5.99. The zero-order valence-electron chi connectivity index (χ0n) is 19.9. The predicted molar refractivity (Wildman–Crippen MR) is 122 cm³/mol. The Morgan fingerprint density at radius 1 is 1.00 bits per heavy atom. The van der Waals surface area contributed by atoms with Crippen LogP contribution in [-0.4, -0.2) is 42.4 Å². The van der Waals surface area contributed by atoms with Crippen molar-refractivity contribution in [2.24, 2.45) is 34.5 Å². The molecule has 4 nitrogen and oxygen atoms in total.